The lowest BCUT2D eigenvalue weighted by molar-refractivity contribution is -0.115. The number of ether oxygens (including phenoxy) is 2. The van der Waals surface area contributed by atoms with E-state index in [2.05, 4.69) is 20.8 Å². The molecule has 1 aromatic carbocycles. The fourth-order valence-electron chi connectivity index (χ4n) is 4.23. The van der Waals surface area contributed by atoms with Crippen molar-refractivity contribution in [2.75, 3.05) is 18.5 Å². The molecule has 0 saturated heterocycles. The molecule has 0 aliphatic heterocycles. The Kier molecular flexibility index (Phi) is 10.6. The van der Waals surface area contributed by atoms with Gasteiger partial charge >= 0.3 is 11.9 Å². The molecule has 2 N–H and O–H groups in total. The van der Waals surface area contributed by atoms with Gasteiger partial charge in [-0.2, -0.15) is 0 Å². The first-order valence-electron chi connectivity index (χ1n) is 13.8. The Morgan fingerprint density at radius 2 is 1.73 bits per heavy atom. The molecule has 14 heteroatoms. The standard InChI is InChI=1S/C30H33N5O7S2/c1-7-40-28(38)23-18(5)24(29(39)41-8-2)44-27(23)32-25(36)19(6)43-30-34-33-22(15-31-26(37)21-13-10-14-42-21)35(30)20-12-9-11-16(3)17(20)4/h9-14,19H,7-8,15H2,1-6H3,(H,31,37)(H,32,36)/t19-/m1/s1. The minimum Gasteiger partial charge on any atom is -0.462 e. The van der Waals surface area contributed by atoms with Crippen LogP contribution in [0.2, 0.25) is 0 Å². The van der Waals surface area contributed by atoms with Gasteiger partial charge in [0.2, 0.25) is 5.91 Å². The highest BCUT2D eigenvalue weighted by molar-refractivity contribution is 8.00. The number of furan rings is 1. The van der Waals surface area contributed by atoms with E-state index in [4.69, 9.17) is 13.9 Å². The van der Waals surface area contributed by atoms with Crippen molar-refractivity contribution in [2.24, 2.45) is 0 Å². The minimum absolute atomic E-state index is 0.0507. The zero-order chi connectivity index (χ0) is 32.0. The maximum atomic E-state index is 13.5. The first-order valence-corrected chi connectivity index (χ1v) is 15.5. The molecule has 0 unspecified atom stereocenters. The molecule has 0 spiro atoms. The Morgan fingerprint density at radius 3 is 2.41 bits per heavy atom. The van der Waals surface area contributed by atoms with Crippen molar-refractivity contribution in [3.8, 4) is 5.69 Å². The lowest BCUT2D eigenvalue weighted by Gasteiger charge is -2.16. The molecule has 1 atom stereocenters. The van der Waals surface area contributed by atoms with Crippen molar-refractivity contribution in [1.29, 1.82) is 0 Å². The molecule has 3 aromatic heterocycles. The Morgan fingerprint density at radius 1 is 1.00 bits per heavy atom. The summed E-state index contributed by atoms with van der Waals surface area (Å²) in [6.45, 7) is 11.0. The first-order chi connectivity index (χ1) is 21.1. The van der Waals surface area contributed by atoms with Crippen LogP contribution in [-0.2, 0) is 20.8 Å². The van der Waals surface area contributed by atoms with E-state index in [1.165, 1.54) is 6.26 Å². The van der Waals surface area contributed by atoms with Crippen molar-refractivity contribution in [3.05, 3.63) is 75.3 Å². The average molecular weight is 640 g/mol. The molecule has 12 nitrogen and oxygen atoms in total. The van der Waals surface area contributed by atoms with E-state index in [-0.39, 0.29) is 41.0 Å². The maximum absolute atomic E-state index is 13.5. The van der Waals surface area contributed by atoms with E-state index in [0.717, 1.165) is 39.9 Å². The maximum Gasteiger partial charge on any atom is 0.348 e. The summed E-state index contributed by atoms with van der Waals surface area (Å²) in [5.74, 6) is -1.45. The number of anilines is 1. The third-order valence-electron chi connectivity index (χ3n) is 6.64. The predicted molar refractivity (Wildman–Crippen MR) is 166 cm³/mol. The largest absolute Gasteiger partial charge is 0.462 e. The van der Waals surface area contributed by atoms with Crippen molar-refractivity contribution in [2.45, 2.75) is 58.5 Å². The van der Waals surface area contributed by atoms with E-state index in [9.17, 15) is 19.2 Å². The van der Waals surface area contributed by atoms with E-state index in [1.54, 1.807) is 44.4 Å². The Balaban J connectivity index is 1.62. The number of hydrogen-bond acceptors (Lipinski definition) is 11. The minimum atomic E-state index is -0.711. The molecule has 4 rings (SSSR count). The van der Waals surface area contributed by atoms with Gasteiger partial charge in [0.15, 0.2) is 16.7 Å². The van der Waals surface area contributed by atoms with Crippen LogP contribution < -0.4 is 10.6 Å². The highest BCUT2D eigenvalue weighted by atomic mass is 32.2. The van der Waals surface area contributed by atoms with Gasteiger partial charge in [-0.1, -0.05) is 23.9 Å². The fraction of sp³-hybridized carbons (Fsp3) is 0.333. The molecule has 0 bridgehead atoms. The van der Waals surface area contributed by atoms with E-state index in [1.807, 2.05) is 32.0 Å². The van der Waals surface area contributed by atoms with Gasteiger partial charge in [-0.3, -0.25) is 14.2 Å². The van der Waals surface area contributed by atoms with Crippen LogP contribution in [0.4, 0.5) is 5.00 Å². The summed E-state index contributed by atoms with van der Waals surface area (Å²) in [6.07, 6.45) is 1.42. The second-order valence-corrected chi connectivity index (χ2v) is 11.9. The van der Waals surface area contributed by atoms with Gasteiger partial charge < -0.3 is 24.5 Å². The van der Waals surface area contributed by atoms with Gasteiger partial charge in [0.05, 0.1) is 42.5 Å². The van der Waals surface area contributed by atoms with Crippen molar-refractivity contribution >= 4 is 51.9 Å². The molecule has 2 amide bonds. The van der Waals surface area contributed by atoms with Crippen molar-refractivity contribution in [3.63, 3.8) is 0 Å². The summed E-state index contributed by atoms with van der Waals surface area (Å²) in [4.78, 5) is 51.5. The number of amides is 2. The predicted octanol–water partition coefficient (Wildman–Crippen LogP) is 5.25. The Bertz CT molecular complexity index is 1680. The molecular weight excluding hydrogens is 606 g/mol. The van der Waals surface area contributed by atoms with Gasteiger partial charge in [0, 0.05) is 0 Å². The summed E-state index contributed by atoms with van der Waals surface area (Å²) >= 11 is 2.11. The first kappa shape index (κ1) is 32.5. The van der Waals surface area contributed by atoms with E-state index in [0.29, 0.717) is 16.5 Å². The Labute approximate surface area is 262 Å². The molecule has 0 aliphatic carbocycles. The summed E-state index contributed by atoms with van der Waals surface area (Å²) in [7, 11) is 0. The van der Waals surface area contributed by atoms with Crippen LogP contribution in [0.5, 0.6) is 0 Å². The molecule has 44 heavy (non-hydrogen) atoms. The van der Waals surface area contributed by atoms with Crippen LogP contribution in [0.3, 0.4) is 0 Å². The topological polar surface area (TPSA) is 155 Å². The third-order valence-corrected chi connectivity index (χ3v) is 8.87. The number of aryl methyl sites for hydroxylation is 1. The summed E-state index contributed by atoms with van der Waals surface area (Å²) < 4.78 is 17.3. The number of aromatic nitrogens is 3. The van der Waals surface area contributed by atoms with Crippen LogP contribution in [0.1, 0.15) is 73.9 Å². The van der Waals surface area contributed by atoms with Crippen molar-refractivity contribution < 1.29 is 33.1 Å². The van der Waals surface area contributed by atoms with Crippen LogP contribution in [-0.4, -0.2) is 57.0 Å². The highest BCUT2D eigenvalue weighted by Crippen LogP contribution is 2.35. The van der Waals surface area contributed by atoms with Crippen LogP contribution in [0, 0.1) is 20.8 Å². The van der Waals surface area contributed by atoms with Gasteiger partial charge in [-0.25, -0.2) is 9.59 Å². The van der Waals surface area contributed by atoms with Crippen LogP contribution >= 0.6 is 23.1 Å². The smallest absolute Gasteiger partial charge is 0.348 e. The molecule has 232 valence electrons. The fourth-order valence-corrected chi connectivity index (χ4v) is 6.20. The van der Waals surface area contributed by atoms with E-state index < -0.39 is 29.0 Å². The zero-order valence-electron chi connectivity index (χ0n) is 25.2. The number of thioether (sulfide) groups is 1. The number of carbonyl (C=O) groups excluding carboxylic acids is 4. The number of esters is 2. The lowest BCUT2D eigenvalue weighted by Crippen LogP contribution is -2.25. The molecule has 0 saturated carbocycles. The van der Waals surface area contributed by atoms with Crippen molar-refractivity contribution in [1.82, 2.24) is 20.1 Å². The van der Waals surface area contributed by atoms with E-state index >= 15 is 0 Å². The number of hydrogen-bond donors (Lipinski definition) is 2. The van der Waals surface area contributed by atoms with Crippen LogP contribution in [0.25, 0.3) is 5.69 Å². The Hall–Kier alpha value is -4.43. The number of rotatable bonds is 12. The average Bonchev–Trinajstić information content (AvgIpc) is 3.73. The molecule has 0 aliphatic rings. The summed E-state index contributed by atoms with van der Waals surface area (Å²) in [5, 5.41) is 14.2. The van der Waals surface area contributed by atoms with Gasteiger partial charge in [-0.05, 0) is 76.4 Å². The number of nitrogens with one attached hydrogen (secondary N) is 2. The van der Waals surface area contributed by atoms with Gasteiger partial charge in [-0.15, -0.1) is 21.5 Å². The third kappa shape index (κ3) is 7.03. The molecule has 0 radical (unpaired) electrons. The molecule has 4 aromatic rings. The second-order valence-electron chi connectivity index (χ2n) is 9.56. The molecule has 3 heterocycles. The van der Waals surface area contributed by atoms with Gasteiger partial charge in [0.25, 0.3) is 5.91 Å². The second kappa shape index (κ2) is 14.4. The number of carbonyl (C=O) groups is 4. The summed E-state index contributed by atoms with van der Waals surface area (Å²) in [6, 6.07) is 8.99. The monoisotopic (exact) mass is 639 g/mol. The zero-order valence-corrected chi connectivity index (χ0v) is 26.8. The highest BCUT2D eigenvalue weighted by Gasteiger charge is 2.29. The number of thiophene rings is 1. The number of nitrogens with zero attached hydrogens (tertiary/aromatic N) is 3. The number of benzene rings is 1. The summed E-state index contributed by atoms with van der Waals surface area (Å²) in [5.41, 5.74) is 3.30. The lowest BCUT2D eigenvalue weighted by atomic mass is 10.1. The quantitative estimate of drug-likeness (QED) is 0.155. The molecule has 0 fully saturated rings. The normalized spacial score (nSPS) is 11.6. The van der Waals surface area contributed by atoms with Gasteiger partial charge in [0.1, 0.15) is 9.88 Å². The molecular formula is C30H33N5O7S2. The SMILES string of the molecule is CCOC(=O)c1sc(NC(=O)[C@@H](C)Sc2nnc(CNC(=O)c3ccco3)n2-c2cccc(C)c2C)c(C(=O)OCC)c1C. The van der Waals surface area contributed by atoms with Crippen LogP contribution in [0.15, 0.2) is 46.2 Å².